The van der Waals surface area contributed by atoms with Crippen molar-refractivity contribution in [2.75, 3.05) is 4.90 Å². The first-order chi connectivity index (χ1) is 17.1. The Morgan fingerprint density at radius 3 is 2.44 bits per heavy atom. The van der Waals surface area contributed by atoms with Gasteiger partial charge in [0.15, 0.2) is 5.78 Å². The quantitative estimate of drug-likeness (QED) is 0.432. The molecule has 6 nitrogen and oxygen atoms in total. The zero-order valence-corrected chi connectivity index (χ0v) is 21.7. The molecule has 8 heteroatoms. The first-order valence-electron chi connectivity index (χ1n) is 11.6. The second-order valence-corrected chi connectivity index (χ2v) is 10.8. The Morgan fingerprint density at radius 1 is 1.08 bits per heavy atom. The summed E-state index contributed by atoms with van der Waals surface area (Å²) in [5, 5.41) is 15.9. The van der Waals surface area contributed by atoms with Gasteiger partial charge >= 0.3 is 0 Å². The van der Waals surface area contributed by atoms with Crippen LogP contribution >= 0.6 is 23.2 Å². The van der Waals surface area contributed by atoms with Crippen molar-refractivity contribution in [2.24, 2.45) is 11.1 Å². The fourth-order valence-corrected chi connectivity index (χ4v) is 5.85. The Bertz CT molecular complexity index is 1490. The second kappa shape index (κ2) is 8.85. The van der Waals surface area contributed by atoms with E-state index in [0.29, 0.717) is 51.4 Å². The number of nitrogens with zero attached hydrogens (tertiary/aromatic N) is 4. The number of nitriles is 1. The molecule has 2 N–H and O–H groups in total. The second-order valence-electron chi connectivity index (χ2n) is 10.00. The van der Waals surface area contributed by atoms with Crippen LogP contribution in [-0.2, 0) is 4.79 Å². The summed E-state index contributed by atoms with van der Waals surface area (Å²) < 4.78 is 1.59. The van der Waals surface area contributed by atoms with Gasteiger partial charge in [-0.15, -0.1) is 0 Å². The Kier molecular flexibility index (Phi) is 5.94. The van der Waals surface area contributed by atoms with Crippen LogP contribution < -0.4 is 10.6 Å². The fourth-order valence-electron chi connectivity index (χ4n) is 5.29. The van der Waals surface area contributed by atoms with Crippen LogP contribution in [0.15, 0.2) is 77.3 Å². The number of hydrogen-bond donors (Lipinski definition) is 1. The summed E-state index contributed by atoms with van der Waals surface area (Å²) in [5.41, 5.74) is 10.8. The van der Waals surface area contributed by atoms with Crippen molar-refractivity contribution >= 4 is 34.7 Å². The van der Waals surface area contributed by atoms with Crippen molar-refractivity contribution in [3.63, 3.8) is 0 Å². The zero-order chi connectivity index (χ0) is 25.8. The van der Waals surface area contributed by atoms with E-state index in [9.17, 15) is 10.1 Å². The number of carbonyl (C=O) groups is 1. The molecular formula is C28H25Cl2N5O. The van der Waals surface area contributed by atoms with E-state index in [1.807, 2.05) is 54.3 Å². The number of allylic oxidation sites excluding steroid dienone is 3. The van der Waals surface area contributed by atoms with E-state index in [4.69, 9.17) is 28.9 Å². The predicted octanol–water partition coefficient (Wildman–Crippen LogP) is 6.43. The van der Waals surface area contributed by atoms with E-state index in [1.165, 1.54) is 0 Å². The van der Waals surface area contributed by atoms with Gasteiger partial charge in [0.25, 0.3) is 0 Å². The molecule has 0 bridgehead atoms. The van der Waals surface area contributed by atoms with Crippen molar-refractivity contribution in [3.8, 4) is 11.8 Å². The highest BCUT2D eigenvalue weighted by Crippen LogP contribution is 2.51. The molecule has 2 heterocycles. The molecule has 2 aliphatic rings. The minimum atomic E-state index is -0.714. The Hall–Kier alpha value is -3.53. The highest BCUT2D eigenvalue weighted by Gasteiger charge is 2.46. The summed E-state index contributed by atoms with van der Waals surface area (Å²) in [7, 11) is 0. The van der Waals surface area contributed by atoms with Crippen LogP contribution in [0.2, 0.25) is 10.2 Å². The van der Waals surface area contributed by atoms with Gasteiger partial charge in [0, 0.05) is 34.0 Å². The van der Waals surface area contributed by atoms with Gasteiger partial charge in [-0.25, -0.2) is 4.68 Å². The van der Waals surface area contributed by atoms with Gasteiger partial charge in [-0.1, -0.05) is 61.3 Å². The number of ketones is 1. The SMILES string of the molecule is Cc1nn(-c2cccc(Cl)c2)c(Cl)c1C1C(C#N)=C(N)N(c2ccccc2)C2=C1C(=O)CC(C)(C)C2. The molecule has 0 saturated carbocycles. The molecule has 0 amide bonds. The topological polar surface area (TPSA) is 87.9 Å². The van der Waals surface area contributed by atoms with Crippen LogP contribution in [-0.4, -0.2) is 15.6 Å². The van der Waals surface area contributed by atoms with Gasteiger partial charge in [0.2, 0.25) is 0 Å². The molecule has 36 heavy (non-hydrogen) atoms. The van der Waals surface area contributed by atoms with Crippen molar-refractivity contribution < 1.29 is 4.79 Å². The Morgan fingerprint density at radius 2 is 1.78 bits per heavy atom. The molecule has 5 rings (SSSR count). The summed E-state index contributed by atoms with van der Waals surface area (Å²) >= 11 is 13.2. The van der Waals surface area contributed by atoms with Gasteiger partial charge in [0.1, 0.15) is 11.0 Å². The molecule has 1 atom stereocenters. The summed E-state index contributed by atoms with van der Waals surface area (Å²) in [6.07, 6.45) is 0.987. The Balaban J connectivity index is 1.78. The van der Waals surface area contributed by atoms with Crippen molar-refractivity contribution in [1.82, 2.24) is 9.78 Å². The van der Waals surface area contributed by atoms with E-state index in [2.05, 4.69) is 25.0 Å². The van der Waals surface area contributed by atoms with Gasteiger partial charge in [0.05, 0.1) is 28.9 Å². The number of Topliss-reactive ketones (excluding diaryl/α,β-unsaturated/α-hetero) is 1. The third kappa shape index (κ3) is 3.89. The Labute approximate surface area is 220 Å². The molecule has 0 saturated heterocycles. The van der Waals surface area contributed by atoms with Gasteiger partial charge in [-0.05, 0) is 49.1 Å². The summed E-state index contributed by atoms with van der Waals surface area (Å²) in [6.45, 7) is 5.97. The molecule has 1 aliphatic carbocycles. The number of carbonyl (C=O) groups excluding carboxylic acids is 1. The smallest absolute Gasteiger partial charge is 0.162 e. The average Bonchev–Trinajstić information content (AvgIpc) is 3.11. The highest BCUT2D eigenvalue weighted by molar-refractivity contribution is 6.31. The van der Waals surface area contributed by atoms with Crippen LogP contribution in [0.5, 0.6) is 0 Å². The standard InChI is InChI=1S/C28H25Cl2N5O/c1-16-23(26(30)35(33-16)19-11-7-8-17(29)12-19)24-20(15-31)27(32)34(18-9-5-4-6-10-18)21-13-28(2,3)14-22(36)25(21)24/h4-12,24H,13-14,32H2,1-3H3. The zero-order valence-electron chi connectivity index (χ0n) is 20.2. The van der Waals surface area contributed by atoms with Gasteiger partial charge < -0.3 is 5.73 Å². The van der Waals surface area contributed by atoms with Crippen molar-refractivity contribution in [3.05, 3.63) is 98.7 Å². The van der Waals surface area contributed by atoms with Crippen LogP contribution in [0.3, 0.4) is 0 Å². The first kappa shape index (κ1) is 24.2. The lowest BCUT2D eigenvalue weighted by atomic mass is 9.68. The maximum Gasteiger partial charge on any atom is 0.162 e. The third-order valence-electron chi connectivity index (χ3n) is 6.78. The molecule has 0 radical (unpaired) electrons. The van der Waals surface area contributed by atoms with Crippen molar-refractivity contribution in [2.45, 2.75) is 39.5 Å². The van der Waals surface area contributed by atoms with Crippen LogP contribution in [0, 0.1) is 23.7 Å². The van der Waals surface area contributed by atoms with E-state index in [-0.39, 0.29) is 16.8 Å². The lowest BCUT2D eigenvalue weighted by Crippen LogP contribution is -2.42. The molecular weight excluding hydrogens is 493 g/mol. The number of anilines is 1. The van der Waals surface area contributed by atoms with Crippen LogP contribution in [0.1, 0.15) is 43.9 Å². The van der Waals surface area contributed by atoms with E-state index in [1.54, 1.807) is 16.8 Å². The summed E-state index contributed by atoms with van der Waals surface area (Å²) in [6, 6.07) is 19.1. The largest absolute Gasteiger partial charge is 0.384 e. The highest BCUT2D eigenvalue weighted by atomic mass is 35.5. The third-order valence-corrected chi connectivity index (χ3v) is 7.38. The number of nitrogens with two attached hydrogens (primary N) is 1. The summed E-state index contributed by atoms with van der Waals surface area (Å²) in [5.74, 6) is -0.434. The summed E-state index contributed by atoms with van der Waals surface area (Å²) in [4.78, 5) is 15.6. The van der Waals surface area contributed by atoms with E-state index >= 15 is 0 Å². The first-order valence-corrected chi connectivity index (χ1v) is 12.4. The predicted molar refractivity (Wildman–Crippen MR) is 142 cm³/mol. The molecule has 3 aromatic rings. The van der Waals surface area contributed by atoms with Gasteiger partial charge in [-0.2, -0.15) is 10.4 Å². The van der Waals surface area contributed by atoms with Crippen LogP contribution in [0.25, 0.3) is 5.69 Å². The minimum absolute atomic E-state index is 0.0154. The number of para-hydroxylation sites is 1. The maximum absolute atomic E-state index is 13.8. The number of aromatic nitrogens is 2. The molecule has 1 aromatic heterocycles. The van der Waals surface area contributed by atoms with Crippen molar-refractivity contribution in [1.29, 1.82) is 5.26 Å². The number of aryl methyl sites for hydroxylation is 1. The van der Waals surface area contributed by atoms with Crippen LogP contribution in [0.4, 0.5) is 5.69 Å². The molecule has 1 unspecified atom stereocenters. The number of rotatable bonds is 3. The van der Waals surface area contributed by atoms with Gasteiger partial charge in [-0.3, -0.25) is 9.69 Å². The normalized spacial score (nSPS) is 19.4. The number of hydrogen-bond acceptors (Lipinski definition) is 5. The number of halogens is 2. The monoisotopic (exact) mass is 517 g/mol. The van der Waals surface area contributed by atoms with E-state index in [0.717, 1.165) is 11.4 Å². The number of benzene rings is 2. The fraction of sp³-hybridized carbons (Fsp3) is 0.250. The van der Waals surface area contributed by atoms with E-state index < -0.39 is 5.92 Å². The molecule has 0 spiro atoms. The molecule has 182 valence electrons. The minimum Gasteiger partial charge on any atom is -0.384 e. The average molecular weight is 518 g/mol. The molecule has 2 aromatic carbocycles. The lowest BCUT2D eigenvalue weighted by molar-refractivity contribution is -0.118. The molecule has 1 aliphatic heterocycles. The lowest BCUT2D eigenvalue weighted by Gasteiger charge is -2.43. The maximum atomic E-state index is 13.8. The molecule has 0 fully saturated rings.